The molecule has 0 aliphatic rings. The van der Waals surface area contributed by atoms with Crippen LogP contribution in [0.1, 0.15) is 49.3 Å². The van der Waals surface area contributed by atoms with Crippen LogP contribution in [-0.2, 0) is 9.59 Å². The van der Waals surface area contributed by atoms with E-state index in [9.17, 15) is 9.59 Å². The van der Waals surface area contributed by atoms with E-state index in [0.29, 0.717) is 0 Å². The summed E-state index contributed by atoms with van der Waals surface area (Å²) in [5.74, 6) is -0.455. The van der Waals surface area contributed by atoms with Gasteiger partial charge >= 0.3 is 0 Å². The molecule has 0 bridgehead atoms. The van der Waals surface area contributed by atoms with Gasteiger partial charge in [-0.25, -0.2) is 5.43 Å². The number of hydrogen-bond acceptors (Lipinski definition) is 3. The van der Waals surface area contributed by atoms with Crippen molar-refractivity contribution in [2.24, 2.45) is 5.10 Å². The van der Waals surface area contributed by atoms with Crippen LogP contribution in [0.2, 0.25) is 0 Å². The molecule has 2 rings (SSSR count). The SMILES string of the molecule is CCCC(=NNC(=O)CCC(=O)Nc1ccc(C)c(C)c1)c1ccccc1. The quantitative estimate of drug-likeness (QED) is 0.539. The van der Waals surface area contributed by atoms with E-state index in [1.54, 1.807) is 0 Å². The molecule has 5 nitrogen and oxygen atoms in total. The number of nitrogens with zero attached hydrogens (tertiary/aromatic N) is 1. The van der Waals surface area contributed by atoms with Crippen molar-refractivity contribution >= 4 is 23.2 Å². The van der Waals surface area contributed by atoms with Gasteiger partial charge in [0.2, 0.25) is 11.8 Å². The van der Waals surface area contributed by atoms with Crippen LogP contribution in [0.25, 0.3) is 0 Å². The van der Waals surface area contributed by atoms with Crippen LogP contribution in [0.5, 0.6) is 0 Å². The van der Waals surface area contributed by atoms with Gasteiger partial charge in [0.15, 0.2) is 0 Å². The average Bonchev–Trinajstić information content (AvgIpc) is 2.67. The van der Waals surface area contributed by atoms with Crippen LogP contribution in [0.4, 0.5) is 5.69 Å². The highest BCUT2D eigenvalue weighted by Gasteiger charge is 2.08. The second kappa shape index (κ2) is 10.3. The molecule has 0 aliphatic heterocycles. The Kier molecular flexibility index (Phi) is 7.74. The minimum Gasteiger partial charge on any atom is -0.326 e. The molecule has 2 aromatic carbocycles. The summed E-state index contributed by atoms with van der Waals surface area (Å²) in [6.07, 6.45) is 1.91. The molecule has 0 aliphatic carbocycles. The third kappa shape index (κ3) is 6.70. The lowest BCUT2D eigenvalue weighted by atomic mass is 10.1. The minimum absolute atomic E-state index is 0.0916. The first kappa shape index (κ1) is 20.4. The fourth-order valence-electron chi connectivity index (χ4n) is 2.59. The Morgan fingerprint density at radius 1 is 0.889 bits per heavy atom. The normalized spacial score (nSPS) is 11.1. The number of hydrogen-bond donors (Lipinski definition) is 2. The molecule has 5 heteroatoms. The molecule has 0 heterocycles. The molecular weight excluding hydrogens is 338 g/mol. The van der Waals surface area contributed by atoms with Crippen molar-refractivity contribution in [2.75, 3.05) is 5.32 Å². The molecule has 0 saturated carbocycles. The van der Waals surface area contributed by atoms with Gasteiger partial charge in [-0.2, -0.15) is 5.10 Å². The summed E-state index contributed by atoms with van der Waals surface area (Å²) in [5.41, 5.74) is 7.44. The molecule has 0 radical (unpaired) electrons. The van der Waals surface area contributed by atoms with E-state index < -0.39 is 0 Å². The molecule has 2 N–H and O–H groups in total. The molecule has 0 unspecified atom stereocenters. The molecular formula is C22H27N3O2. The van der Waals surface area contributed by atoms with Gasteiger partial charge in [0.1, 0.15) is 0 Å². The first-order valence-electron chi connectivity index (χ1n) is 9.27. The van der Waals surface area contributed by atoms with Gasteiger partial charge in [-0.3, -0.25) is 9.59 Å². The summed E-state index contributed by atoms with van der Waals surface area (Å²) in [4.78, 5) is 24.1. The van der Waals surface area contributed by atoms with Gasteiger partial charge in [-0.15, -0.1) is 0 Å². The lowest BCUT2D eigenvalue weighted by Gasteiger charge is -2.08. The smallest absolute Gasteiger partial charge is 0.240 e. The van der Waals surface area contributed by atoms with E-state index in [2.05, 4.69) is 22.8 Å². The molecule has 0 fully saturated rings. The third-order valence-corrected chi connectivity index (χ3v) is 4.28. The topological polar surface area (TPSA) is 70.6 Å². The van der Waals surface area contributed by atoms with Crippen LogP contribution in [0.3, 0.4) is 0 Å². The molecule has 2 aromatic rings. The summed E-state index contributed by atoms with van der Waals surface area (Å²) in [6.45, 7) is 6.09. The number of aryl methyl sites for hydroxylation is 2. The summed E-state index contributed by atoms with van der Waals surface area (Å²) >= 11 is 0. The second-order valence-corrected chi connectivity index (χ2v) is 6.56. The van der Waals surface area contributed by atoms with Crippen molar-refractivity contribution in [3.05, 3.63) is 65.2 Å². The minimum atomic E-state index is -0.269. The summed E-state index contributed by atoms with van der Waals surface area (Å²) in [6, 6.07) is 15.5. The number of benzene rings is 2. The number of amides is 2. The van der Waals surface area contributed by atoms with Crippen molar-refractivity contribution in [1.82, 2.24) is 5.43 Å². The predicted octanol–water partition coefficient (Wildman–Crippen LogP) is 4.34. The molecule has 142 valence electrons. The monoisotopic (exact) mass is 365 g/mol. The van der Waals surface area contributed by atoms with E-state index in [1.807, 2.05) is 62.4 Å². The van der Waals surface area contributed by atoms with Crippen molar-refractivity contribution in [3.63, 3.8) is 0 Å². The van der Waals surface area contributed by atoms with Gasteiger partial charge < -0.3 is 5.32 Å². The maximum Gasteiger partial charge on any atom is 0.240 e. The standard InChI is InChI=1S/C22H27N3O2/c1-4-8-20(18-9-6-5-7-10-18)24-25-22(27)14-13-21(26)23-19-12-11-16(2)17(3)15-19/h5-7,9-12,15H,4,8,13-14H2,1-3H3,(H,23,26)(H,25,27). The van der Waals surface area contributed by atoms with Crippen molar-refractivity contribution < 1.29 is 9.59 Å². The number of carbonyl (C=O) groups excluding carboxylic acids is 2. The molecule has 0 atom stereocenters. The van der Waals surface area contributed by atoms with E-state index >= 15 is 0 Å². The molecule has 0 aromatic heterocycles. The lowest BCUT2D eigenvalue weighted by molar-refractivity contribution is -0.124. The van der Waals surface area contributed by atoms with Gasteiger partial charge in [0.25, 0.3) is 0 Å². The number of carbonyl (C=O) groups is 2. The lowest BCUT2D eigenvalue weighted by Crippen LogP contribution is -2.22. The zero-order valence-electron chi connectivity index (χ0n) is 16.2. The molecule has 27 heavy (non-hydrogen) atoms. The Balaban J connectivity index is 1.85. The van der Waals surface area contributed by atoms with E-state index in [0.717, 1.165) is 35.4 Å². The Morgan fingerprint density at radius 2 is 1.59 bits per heavy atom. The van der Waals surface area contributed by atoms with E-state index in [-0.39, 0.29) is 24.7 Å². The van der Waals surface area contributed by atoms with Crippen molar-refractivity contribution in [1.29, 1.82) is 0 Å². The number of anilines is 1. The Labute approximate surface area is 160 Å². The van der Waals surface area contributed by atoms with E-state index in [1.165, 1.54) is 5.56 Å². The van der Waals surface area contributed by atoms with Crippen molar-refractivity contribution in [2.45, 2.75) is 46.5 Å². The first-order valence-corrected chi connectivity index (χ1v) is 9.27. The summed E-state index contributed by atoms with van der Waals surface area (Å²) in [7, 11) is 0. The van der Waals surface area contributed by atoms with Gasteiger partial charge in [-0.1, -0.05) is 49.7 Å². The number of rotatable bonds is 8. The molecule has 2 amide bonds. The Hall–Kier alpha value is -2.95. The van der Waals surface area contributed by atoms with Crippen LogP contribution < -0.4 is 10.7 Å². The van der Waals surface area contributed by atoms with Crippen molar-refractivity contribution in [3.8, 4) is 0 Å². The zero-order valence-corrected chi connectivity index (χ0v) is 16.2. The molecule has 0 spiro atoms. The zero-order chi connectivity index (χ0) is 19.6. The van der Waals surface area contributed by atoms with Crippen LogP contribution >= 0.6 is 0 Å². The highest BCUT2D eigenvalue weighted by molar-refractivity contribution is 6.01. The van der Waals surface area contributed by atoms with E-state index in [4.69, 9.17) is 0 Å². The van der Waals surface area contributed by atoms with Crippen LogP contribution in [0.15, 0.2) is 53.6 Å². The highest BCUT2D eigenvalue weighted by Crippen LogP contribution is 2.14. The maximum atomic E-state index is 12.0. The Bertz CT molecular complexity index is 814. The fraction of sp³-hybridized carbons (Fsp3) is 0.318. The van der Waals surface area contributed by atoms with Crippen LogP contribution in [-0.4, -0.2) is 17.5 Å². The number of nitrogens with one attached hydrogen (secondary N) is 2. The summed E-state index contributed by atoms with van der Waals surface area (Å²) < 4.78 is 0. The summed E-state index contributed by atoms with van der Waals surface area (Å²) in [5, 5.41) is 7.07. The predicted molar refractivity (Wildman–Crippen MR) is 110 cm³/mol. The Morgan fingerprint density at radius 3 is 2.26 bits per heavy atom. The van der Waals surface area contributed by atoms with Gasteiger partial charge in [0, 0.05) is 18.5 Å². The fourth-order valence-corrected chi connectivity index (χ4v) is 2.59. The highest BCUT2D eigenvalue weighted by atomic mass is 16.2. The average molecular weight is 365 g/mol. The number of hydrazone groups is 1. The van der Waals surface area contributed by atoms with Crippen LogP contribution in [0, 0.1) is 13.8 Å². The maximum absolute atomic E-state index is 12.0. The van der Waals surface area contributed by atoms with Gasteiger partial charge in [0.05, 0.1) is 5.71 Å². The molecule has 0 saturated heterocycles. The third-order valence-electron chi connectivity index (χ3n) is 4.28. The largest absolute Gasteiger partial charge is 0.326 e. The van der Waals surface area contributed by atoms with Gasteiger partial charge in [-0.05, 0) is 49.1 Å². The second-order valence-electron chi connectivity index (χ2n) is 6.56. The first-order chi connectivity index (χ1) is 13.0.